The summed E-state index contributed by atoms with van der Waals surface area (Å²) in [4.78, 5) is 4.97. The molecule has 0 unspecified atom stereocenters. The monoisotopic (exact) mass is 756 g/mol. The predicted octanol–water partition coefficient (Wildman–Crippen LogP) is 11.8. The Hall–Kier alpha value is -5.10. The van der Waals surface area contributed by atoms with Gasteiger partial charge in [0.05, 0.1) is 24.6 Å². The van der Waals surface area contributed by atoms with Gasteiger partial charge in [0.1, 0.15) is 5.58 Å². The third-order valence-electron chi connectivity index (χ3n) is 12.6. The van der Waals surface area contributed by atoms with Crippen LogP contribution in [0.2, 0.25) is 0 Å². The molecule has 0 saturated heterocycles. The molecular formula is C51H57BN2O3. The van der Waals surface area contributed by atoms with Gasteiger partial charge in [0, 0.05) is 39.9 Å². The van der Waals surface area contributed by atoms with E-state index in [1.54, 1.807) is 0 Å². The molecule has 5 aromatic carbocycles. The SMILES string of the molecule is Cc1cc(C(C)(C)C)cc(C)c1N1c2cccc3c2B(c2cc(C(C)(C)C)ccc2N3c2c(C)cc3c(c2C)OCCCO3)c2c1oc1ccc(C(C)(C)C)cc21. The molecular weight excluding hydrogens is 699 g/mol. The van der Waals surface area contributed by atoms with Crippen LogP contribution < -0.4 is 35.7 Å². The number of furan rings is 1. The van der Waals surface area contributed by atoms with Crippen LogP contribution in [0.5, 0.6) is 11.5 Å². The number of hydrogen-bond donors (Lipinski definition) is 0. The molecule has 9 rings (SSSR count). The minimum Gasteiger partial charge on any atom is -0.490 e. The fraction of sp³-hybridized carbons (Fsp3) is 0.373. The van der Waals surface area contributed by atoms with Crippen molar-refractivity contribution in [2.24, 2.45) is 0 Å². The smallest absolute Gasteiger partial charge is 0.257 e. The minimum atomic E-state index is -0.0667. The van der Waals surface area contributed by atoms with Crippen LogP contribution in [0.25, 0.3) is 11.0 Å². The van der Waals surface area contributed by atoms with Crippen molar-refractivity contribution in [1.82, 2.24) is 0 Å². The molecule has 6 aromatic rings. The molecule has 4 heterocycles. The maximum atomic E-state index is 7.20. The summed E-state index contributed by atoms with van der Waals surface area (Å²) >= 11 is 0. The van der Waals surface area contributed by atoms with Gasteiger partial charge in [0.15, 0.2) is 11.5 Å². The molecule has 0 fully saturated rings. The van der Waals surface area contributed by atoms with Crippen LogP contribution in [-0.2, 0) is 16.2 Å². The van der Waals surface area contributed by atoms with Crippen molar-refractivity contribution in [3.8, 4) is 11.5 Å². The Balaban J connectivity index is 1.42. The maximum absolute atomic E-state index is 7.20. The summed E-state index contributed by atoms with van der Waals surface area (Å²) in [6.07, 6.45) is 0.863. The molecule has 0 saturated carbocycles. The molecule has 3 aliphatic heterocycles. The van der Waals surface area contributed by atoms with Crippen LogP contribution in [0.4, 0.5) is 34.3 Å². The third-order valence-corrected chi connectivity index (χ3v) is 12.6. The van der Waals surface area contributed by atoms with Gasteiger partial charge in [-0.15, -0.1) is 0 Å². The number of benzene rings is 5. The summed E-state index contributed by atoms with van der Waals surface area (Å²) in [7, 11) is 0. The zero-order valence-corrected chi connectivity index (χ0v) is 36.2. The highest BCUT2D eigenvalue weighted by atomic mass is 16.5. The van der Waals surface area contributed by atoms with E-state index in [0.717, 1.165) is 51.9 Å². The van der Waals surface area contributed by atoms with Crippen molar-refractivity contribution in [1.29, 1.82) is 0 Å². The van der Waals surface area contributed by atoms with Crippen molar-refractivity contribution in [3.63, 3.8) is 0 Å². The summed E-state index contributed by atoms with van der Waals surface area (Å²) in [6.45, 7) is 30.9. The van der Waals surface area contributed by atoms with Crippen LogP contribution in [-0.4, -0.2) is 19.9 Å². The average molecular weight is 757 g/mol. The maximum Gasteiger partial charge on any atom is 0.257 e. The van der Waals surface area contributed by atoms with E-state index < -0.39 is 0 Å². The zero-order chi connectivity index (χ0) is 40.5. The number of anilines is 6. The molecule has 292 valence electrons. The van der Waals surface area contributed by atoms with Gasteiger partial charge in [-0.1, -0.05) is 98.7 Å². The van der Waals surface area contributed by atoms with Crippen molar-refractivity contribution >= 4 is 68.4 Å². The molecule has 0 radical (unpaired) electrons. The highest BCUT2D eigenvalue weighted by Crippen LogP contribution is 2.51. The highest BCUT2D eigenvalue weighted by Gasteiger charge is 2.47. The van der Waals surface area contributed by atoms with E-state index in [1.165, 1.54) is 66.7 Å². The zero-order valence-electron chi connectivity index (χ0n) is 36.2. The van der Waals surface area contributed by atoms with Gasteiger partial charge >= 0.3 is 0 Å². The Morgan fingerprint density at radius 1 is 0.561 bits per heavy atom. The summed E-state index contributed by atoms with van der Waals surface area (Å²) in [6, 6.07) is 27.8. The first kappa shape index (κ1) is 37.5. The van der Waals surface area contributed by atoms with Crippen LogP contribution in [0.3, 0.4) is 0 Å². The van der Waals surface area contributed by atoms with Crippen LogP contribution in [0, 0.1) is 27.7 Å². The normalized spacial score (nSPS) is 15.1. The lowest BCUT2D eigenvalue weighted by atomic mass is 9.33. The first-order valence-corrected chi connectivity index (χ1v) is 20.8. The Morgan fingerprint density at radius 2 is 1.16 bits per heavy atom. The van der Waals surface area contributed by atoms with Gasteiger partial charge < -0.3 is 18.8 Å². The molecule has 0 N–H and O–H groups in total. The lowest BCUT2D eigenvalue weighted by Crippen LogP contribution is -2.61. The fourth-order valence-electron chi connectivity index (χ4n) is 9.56. The van der Waals surface area contributed by atoms with Crippen molar-refractivity contribution < 1.29 is 13.9 Å². The second-order valence-corrected chi connectivity index (χ2v) is 19.9. The molecule has 0 amide bonds. The number of aryl methyl sites for hydroxylation is 3. The lowest BCUT2D eigenvalue weighted by molar-refractivity contribution is 0.296. The predicted molar refractivity (Wildman–Crippen MR) is 241 cm³/mol. The Labute approximate surface area is 340 Å². The van der Waals surface area contributed by atoms with E-state index >= 15 is 0 Å². The van der Waals surface area contributed by atoms with E-state index in [1.807, 2.05) is 0 Å². The minimum absolute atomic E-state index is 0.0220. The molecule has 6 heteroatoms. The summed E-state index contributed by atoms with van der Waals surface area (Å²) in [5.74, 6) is 2.58. The molecule has 0 atom stereocenters. The first-order valence-electron chi connectivity index (χ1n) is 20.8. The van der Waals surface area contributed by atoms with Gasteiger partial charge in [0.2, 0.25) is 5.88 Å². The number of hydrogen-bond acceptors (Lipinski definition) is 5. The molecule has 0 spiro atoms. The first-order chi connectivity index (χ1) is 26.8. The molecule has 3 aliphatic rings. The van der Waals surface area contributed by atoms with Crippen molar-refractivity contribution in [3.05, 3.63) is 112 Å². The molecule has 0 aliphatic carbocycles. The van der Waals surface area contributed by atoms with Crippen molar-refractivity contribution in [2.75, 3.05) is 23.0 Å². The summed E-state index contributed by atoms with van der Waals surface area (Å²) < 4.78 is 19.9. The van der Waals surface area contributed by atoms with E-state index in [0.29, 0.717) is 13.2 Å². The number of rotatable bonds is 2. The fourth-order valence-corrected chi connectivity index (χ4v) is 9.56. The number of fused-ring (bicyclic) bond motifs is 7. The number of nitrogens with zero attached hydrogens (tertiary/aromatic N) is 2. The van der Waals surface area contributed by atoms with E-state index in [-0.39, 0.29) is 23.0 Å². The summed E-state index contributed by atoms with van der Waals surface area (Å²) in [5.41, 5.74) is 19.1. The van der Waals surface area contributed by atoms with E-state index in [2.05, 4.69) is 173 Å². The topological polar surface area (TPSA) is 38.1 Å². The lowest BCUT2D eigenvalue weighted by Gasteiger charge is -2.44. The Morgan fingerprint density at radius 3 is 1.82 bits per heavy atom. The van der Waals surface area contributed by atoms with Crippen molar-refractivity contribution in [2.45, 2.75) is 113 Å². The van der Waals surface area contributed by atoms with Crippen LogP contribution in [0.1, 0.15) is 108 Å². The van der Waals surface area contributed by atoms with Crippen LogP contribution >= 0.6 is 0 Å². The summed E-state index contributed by atoms with van der Waals surface area (Å²) in [5, 5.41) is 1.18. The quantitative estimate of drug-likeness (QED) is 0.164. The Kier molecular flexibility index (Phi) is 8.35. The standard InChI is InChI=1S/C51H57BN2O3/c1-29-24-35(51(11,12)13)25-30(2)45(29)54-40-17-14-16-39-44(40)52(43-36-27-33(49(5,6)7)19-21-41(36)57-48(43)54)37-28-34(50(8,9)10)18-20-38(37)53(39)46-31(3)26-42-47(32(46)4)56-23-15-22-55-42/h14,16-21,24-28H,15,22-23H2,1-13H3. The van der Waals surface area contributed by atoms with Gasteiger partial charge in [-0.25, -0.2) is 0 Å². The van der Waals surface area contributed by atoms with Gasteiger partial charge in [-0.05, 0) is 125 Å². The highest BCUT2D eigenvalue weighted by molar-refractivity contribution is 7.01. The Bertz CT molecular complexity index is 2610. The second kappa shape index (κ2) is 12.7. The largest absolute Gasteiger partial charge is 0.490 e. The van der Waals surface area contributed by atoms with E-state index in [4.69, 9.17) is 13.9 Å². The molecule has 57 heavy (non-hydrogen) atoms. The third kappa shape index (κ3) is 5.80. The van der Waals surface area contributed by atoms with E-state index in [9.17, 15) is 0 Å². The van der Waals surface area contributed by atoms with Gasteiger partial charge in [-0.3, -0.25) is 4.90 Å². The number of ether oxygens (including phenoxy) is 2. The van der Waals surface area contributed by atoms with Gasteiger partial charge in [0.25, 0.3) is 6.71 Å². The molecule has 0 bridgehead atoms. The molecule has 1 aromatic heterocycles. The average Bonchev–Trinajstić information content (AvgIpc) is 3.34. The van der Waals surface area contributed by atoms with Crippen LogP contribution in [0.15, 0.2) is 77.2 Å². The second-order valence-electron chi connectivity index (χ2n) is 19.9. The molecule has 5 nitrogen and oxygen atoms in total. The van der Waals surface area contributed by atoms with Gasteiger partial charge in [-0.2, -0.15) is 0 Å².